The highest BCUT2D eigenvalue weighted by molar-refractivity contribution is 6.31. The summed E-state index contributed by atoms with van der Waals surface area (Å²) in [5.41, 5.74) is 2.32. The SMILES string of the molecule is CC(=O)N1C[C@@H](C(=O)Nc2cc(Cl)ccc2N2CCCCCC2)Oc2ccccc21. The molecule has 0 spiro atoms. The molecule has 2 aromatic rings. The molecule has 2 heterocycles. The maximum absolute atomic E-state index is 13.1. The van der Waals surface area contributed by atoms with Gasteiger partial charge in [0.2, 0.25) is 5.91 Å². The van der Waals surface area contributed by atoms with Crippen molar-refractivity contribution in [2.45, 2.75) is 38.7 Å². The Morgan fingerprint density at radius 3 is 2.50 bits per heavy atom. The monoisotopic (exact) mass is 427 g/mol. The van der Waals surface area contributed by atoms with E-state index in [1.165, 1.54) is 19.8 Å². The number of amides is 2. The van der Waals surface area contributed by atoms with Crippen molar-refractivity contribution in [1.82, 2.24) is 0 Å². The number of nitrogens with zero attached hydrogens (tertiary/aromatic N) is 2. The molecule has 2 aliphatic rings. The Bertz CT molecular complexity index is 941. The fourth-order valence-electron chi connectivity index (χ4n) is 4.08. The van der Waals surface area contributed by atoms with E-state index in [1.54, 1.807) is 17.0 Å². The van der Waals surface area contributed by atoms with Gasteiger partial charge in [-0.05, 0) is 43.2 Å². The second-order valence-corrected chi connectivity index (χ2v) is 8.19. The van der Waals surface area contributed by atoms with Crippen molar-refractivity contribution >= 4 is 40.5 Å². The van der Waals surface area contributed by atoms with Crippen LogP contribution in [0.15, 0.2) is 42.5 Å². The summed E-state index contributed by atoms with van der Waals surface area (Å²) in [5, 5.41) is 3.56. The number of carbonyl (C=O) groups is 2. The lowest BCUT2D eigenvalue weighted by molar-refractivity contribution is -0.123. The van der Waals surface area contributed by atoms with E-state index in [4.69, 9.17) is 16.3 Å². The first kappa shape index (κ1) is 20.5. The Labute approximate surface area is 181 Å². The van der Waals surface area contributed by atoms with E-state index in [0.29, 0.717) is 22.1 Å². The molecule has 4 rings (SSSR count). The van der Waals surface area contributed by atoms with Crippen LogP contribution in [0.1, 0.15) is 32.6 Å². The smallest absolute Gasteiger partial charge is 0.267 e. The third-order valence-electron chi connectivity index (χ3n) is 5.61. The molecule has 0 aromatic heterocycles. The number of hydrogen-bond acceptors (Lipinski definition) is 4. The molecule has 1 N–H and O–H groups in total. The molecule has 1 saturated heterocycles. The number of para-hydroxylation sites is 2. The van der Waals surface area contributed by atoms with Crippen molar-refractivity contribution in [3.63, 3.8) is 0 Å². The van der Waals surface area contributed by atoms with Crippen LogP contribution < -0.4 is 19.9 Å². The molecule has 1 atom stereocenters. The number of ether oxygens (including phenoxy) is 1. The zero-order valence-corrected chi connectivity index (χ0v) is 17.8. The normalized spacial score (nSPS) is 18.8. The molecule has 2 aromatic carbocycles. The molecule has 2 aliphatic heterocycles. The number of carbonyl (C=O) groups excluding carboxylic acids is 2. The van der Waals surface area contributed by atoms with E-state index in [9.17, 15) is 9.59 Å². The molecule has 0 bridgehead atoms. The number of halogens is 1. The fourth-order valence-corrected chi connectivity index (χ4v) is 4.25. The number of anilines is 3. The van der Waals surface area contributed by atoms with Gasteiger partial charge in [0.1, 0.15) is 5.75 Å². The summed E-state index contributed by atoms with van der Waals surface area (Å²) in [5.74, 6) is 0.101. The van der Waals surface area contributed by atoms with Crippen molar-refractivity contribution in [3.05, 3.63) is 47.5 Å². The van der Waals surface area contributed by atoms with Crippen molar-refractivity contribution in [2.24, 2.45) is 0 Å². The number of rotatable bonds is 3. The van der Waals surface area contributed by atoms with Gasteiger partial charge >= 0.3 is 0 Å². The van der Waals surface area contributed by atoms with Crippen LogP contribution >= 0.6 is 11.6 Å². The largest absolute Gasteiger partial charge is 0.476 e. The van der Waals surface area contributed by atoms with E-state index >= 15 is 0 Å². The van der Waals surface area contributed by atoms with Crippen LogP contribution in [0.4, 0.5) is 17.1 Å². The maximum Gasteiger partial charge on any atom is 0.267 e. The first-order valence-electron chi connectivity index (χ1n) is 10.4. The second-order valence-electron chi connectivity index (χ2n) is 7.76. The molecular formula is C23H26ClN3O3. The highest BCUT2D eigenvalue weighted by Crippen LogP contribution is 2.35. The van der Waals surface area contributed by atoms with Crippen LogP contribution in [-0.4, -0.2) is 37.6 Å². The van der Waals surface area contributed by atoms with E-state index in [0.717, 1.165) is 31.6 Å². The molecule has 1 fully saturated rings. The van der Waals surface area contributed by atoms with Gasteiger partial charge in [-0.2, -0.15) is 0 Å². The first-order valence-corrected chi connectivity index (χ1v) is 10.8. The van der Waals surface area contributed by atoms with Crippen molar-refractivity contribution in [2.75, 3.05) is 34.8 Å². The third kappa shape index (κ3) is 4.38. The minimum atomic E-state index is -0.806. The molecule has 30 heavy (non-hydrogen) atoms. The Balaban J connectivity index is 1.57. The molecule has 2 amide bonds. The van der Waals surface area contributed by atoms with Gasteiger partial charge in [0.15, 0.2) is 6.10 Å². The van der Waals surface area contributed by atoms with Gasteiger partial charge < -0.3 is 19.9 Å². The summed E-state index contributed by atoms with van der Waals surface area (Å²) >= 11 is 6.23. The summed E-state index contributed by atoms with van der Waals surface area (Å²) in [6.45, 7) is 3.56. The zero-order chi connectivity index (χ0) is 21.1. The lowest BCUT2D eigenvalue weighted by atomic mass is 10.1. The van der Waals surface area contributed by atoms with Crippen LogP contribution in [0.5, 0.6) is 5.75 Å². The standard InChI is InChI=1S/C23H26ClN3O3/c1-16(28)27-15-22(30-21-9-5-4-8-20(21)27)23(29)25-18-14-17(24)10-11-19(18)26-12-6-2-3-7-13-26/h4-5,8-11,14,22H,2-3,6-7,12-13,15H2,1H3,(H,25,29)/t22-/m0/s1. The summed E-state index contributed by atoms with van der Waals surface area (Å²) in [6, 6.07) is 12.8. The van der Waals surface area contributed by atoms with Crippen LogP contribution in [0.25, 0.3) is 0 Å². The highest BCUT2D eigenvalue weighted by atomic mass is 35.5. The number of fused-ring (bicyclic) bond motifs is 1. The van der Waals surface area contributed by atoms with Crippen LogP contribution in [-0.2, 0) is 9.59 Å². The molecule has 7 heteroatoms. The highest BCUT2D eigenvalue weighted by Gasteiger charge is 2.33. The summed E-state index contributed by atoms with van der Waals surface area (Å²) in [6.07, 6.45) is 3.90. The van der Waals surface area contributed by atoms with Gasteiger partial charge in [-0.15, -0.1) is 0 Å². The van der Waals surface area contributed by atoms with Gasteiger partial charge in [0, 0.05) is 25.0 Å². The summed E-state index contributed by atoms with van der Waals surface area (Å²) in [4.78, 5) is 29.1. The lowest BCUT2D eigenvalue weighted by Crippen LogP contribution is -2.48. The number of hydrogen-bond donors (Lipinski definition) is 1. The lowest BCUT2D eigenvalue weighted by Gasteiger charge is -2.34. The minimum Gasteiger partial charge on any atom is -0.476 e. The zero-order valence-electron chi connectivity index (χ0n) is 17.1. The predicted molar refractivity (Wildman–Crippen MR) is 120 cm³/mol. The topological polar surface area (TPSA) is 61.9 Å². The number of benzene rings is 2. The molecule has 0 unspecified atom stereocenters. The quantitative estimate of drug-likeness (QED) is 0.784. The molecular weight excluding hydrogens is 402 g/mol. The van der Waals surface area contributed by atoms with Gasteiger partial charge in [0.05, 0.1) is 23.6 Å². The molecule has 6 nitrogen and oxygen atoms in total. The van der Waals surface area contributed by atoms with E-state index in [1.807, 2.05) is 30.3 Å². The van der Waals surface area contributed by atoms with Crippen molar-refractivity contribution in [1.29, 1.82) is 0 Å². The van der Waals surface area contributed by atoms with Crippen LogP contribution in [0.2, 0.25) is 5.02 Å². The minimum absolute atomic E-state index is 0.128. The van der Waals surface area contributed by atoms with Crippen LogP contribution in [0, 0.1) is 0 Å². The summed E-state index contributed by atoms with van der Waals surface area (Å²) < 4.78 is 5.93. The van der Waals surface area contributed by atoms with Gasteiger partial charge in [0.25, 0.3) is 5.91 Å². The Kier molecular flexibility index (Phi) is 6.13. The Morgan fingerprint density at radius 1 is 1.03 bits per heavy atom. The van der Waals surface area contributed by atoms with Crippen molar-refractivity contribution < 1.29 is 14.3 Å². The van der Waals surface area contributed by atoms with Crippen molar-refractivity contribution in [3.8, 4) is 5.75 Å². The van der Waals surface area contributed by atoms with Gasteiger partial charge in [-0.3, -0.25) is 9.59 Å². The molecule has 158 valence electrons. The third-order valence-corrected chi connectivity index (χ3v) is 5.84. The van der Waals surface area contributed by atoms with Gasteiger partial charge in [-0.25, -0.2) is 0 Å². The van der Waals surface area contributed by atoms with Crippen LogP contribution in [0.3, 0.4) is 0 Å². The van der Waals surface area contributed by atoms with E-state index in [-0.39, 0.29) is 18.4 Å². The fraction of sp³-hybridized carbons (Fsp3) is 0.391. The first-order chi connectivity index (χ1) is 14.5. The Morgan fingerprint density at radius 2 is 1.77 bits per heavy atom. The average molecular weight is 428 g/mol. The number of nitrogens with one attached hydrogen (secondary N) is 1. The van der Waals surface area contributed by atoms with Gasteiger partial charge in [-0.1, -0.05) is 36.6 Å². The molecule has 0 radical (unpaired) electrons. The van der Waals surface area contributed by atoms with E-state index in [2.05, 4.69) is 10.2 Å². The average Bonchev–Trinajstić information content (AvgIpc) is 3.02. The molecule has 0 saturated carbocycles. The molecule has 0 aliphatic carbocycles. The van der Waals surface area contributed by atoms with E-state index < -0.39 is 6.10 Å². The second kappa shape index (κ2) is 8.96. The Hall–Kier alpha value is -2.73. The predicted octanol–water partition coefficient (Wildman–Crippen LogP) is 4.47. The summed E-state index contributed by atoms with van der Waals surface area (Å²) in [7, 11) is 0. The maximum atomic E-state index is 13.1.